The second kappa shape index (κ2) is 5.21. The molecule has 1 fully saturated rings. The first-order valence-electron chi connectivity index (χ1n) is 6.89. The number of hydrogen-bond acceptors (Lipinski definition) is 4. The number of aliphatic hydroxyl groups is 1. The summed E-state index contributed by atoms with van der Waals surface area (Å²) in [6.45, 7) is 0.226. The van der Waals surface area contributed by atoms with E-state index in [0.717, 1.165) is 43.1 Å². The van der Waals surface area contributed by atoms with Gasteiger partial charge < -0.3 is 14.4 Å². The zero-order chi connectivity index (χ0) is 13.2. The van der Waals surface area contributed by atoms with Crippen molar-refractivity contribution in [1.82, 2.24) is 4.90 Å². The number of allylic oxidation sites excluding steroid dienone is 1. The van der Waals surface area contributed by atoms with E-state index >= 15 is 0 Å². The summed E-state index contributed by atoms with van der Waals surface area (Å²) >= 11 is 0. The standard InChI is InChI=1S/C15H19NO3/c17-8-11-1-3-14-12(9-18)2-4-15(16(14)7-11)13-5-6-19-10-13/h5-8,10,12,14-15,18H,1-4,9H2/t12-,14+,15+/m1/s1. The third-order valence-corrected chi connectivity index (χ3v) is 4.46. The quantitative estimate of drug-likeness (QED) is 0.848. The highest BCUT2D eigenvalue weighted by atomic mass is 16.3. The molecule has 1 N–H and O–H groups in total. The average Bonchev–Trinajstić information content (AvgIpc) is 2.99. The van der Waals surface area contributed by atoms with Gasteiger partial charge in [-0.3, -0.25) is 4.79 Å². The molecule has 0 aliphatic carbocycles. The van der Waals surface area contributed by atoms with Crippen molar-refractivity contribution in [1.29, 1.82) is 0 Å². The van der Waals surface area contributed by atoms with Crippen molar-refractivity contribution in [2.24, 2.45) is 5.92 Å². The fraction of sp³-hybridized carbons (Fsp3) is 0.533. The lowest BCUT2D eigenvalue weighted by Gasteiger charge is -2.47. The molecule has 1 aromatic heterocycles. The maximum Gasteiger partial charge on any atom is 0.147 e. The predicted molar refractivity (Wildman–Crippen MR) is 70.3 cm³/mol. The Morgan fingerprint density at radius 1 is 1.42 bits per heavy atom. The summed E-state index contributed by atoms with van der Waals surface area (Å²) in [5, 5.41) is 9.53. The van der Waals surface area contributed by atoms with E-state index in [0.29, 0.717) is 12.0 Å². The molecule has 0 bridgehead atoms. The Balaban J connectivity index is 1.92. The van der Waals surface area contributed by atoms with Gasteiger partial charge in [0.25, 0.3) is 0 Å². The molecule has 0 radical (unpaired) electrons. The summed E-state index contributed by atoms with van der Waals surface area (Å²) in [4.78, 5) is 13.3. The highest BCUT2D eigenvalue weighted by molar-refractivity contribution is 5.73. The van der Waals surface area contributed by atoms with Gasteiger partial charge in [0.05, 0.1) is 18.6 Å². The fourth-order valence-corrected chi connectivity index (χ4v) is 3.43. The first-order valence-corrected chi connectivity index (χ1v) is 6.89. The molecule has 0 amide bonds. The lowest BCUT2D eigenvalue weighted by Crippen LogP contribution is -2.47. The van der Waals surface area contributed by atoms with E-state index in [1.54, 1.807) is 12.5 Å². The molecule has 102 valence electrons. The average molecular weight is 261 g/mol. The topological polar surface area (TPSA) is 53.7 Å². The molecular weight excluding hydrogens is 242 g/mol. The summed E-state index contributed by atoms with van der Waals surface area (Å²) in [6.07, 6.45) is 10.2. The predicted octanol–water partition coefficient (Wildman–Crippen LogP) is 2.27. The summed E-state index contributed by atoms with van der Waals surface area (Å²) in [5.74, 6) is 0.313. The monoisotopic (exact) mass is 261 g/mol. The number of hydrogen-bond donors (Lipinski definition) is 1. The van der Waals surface area contributed by atoms with Gasteiger partial charge in [0.15, 0.2) is 0 Å². The van der Waals surface area contributed by atoms with Crippen LogP contribution in [-0.4, -0.2) is 28.9 Å². The van der Waals surface area contributed by atoms with Crippen molar-refractivity contribution in [3.05, 3.63) is 35.9 Å². The molecular formula is C15H19NO3. The third-order valence-electron chi connectivity index (χ3n) is 4.46. The molecule has 3 heterocycles. The second-order valence-corrected chi connectivity index (χ2v) is 5.47. The number of fused-ring (bicyclic) bond motifs is 1. The van der Waals surface area contributed by atoms with E-state index < -0.39 is 0 Å². The molecule has 1 aromatic rings. The van der Waals surface area contributed by atoms with Gasteiger partial charge in [-0.1, -0.05) is 0 Å². The van der Waals surface area contributed by atoms with E-state index in [2.05, 4.69) is 4.90 Å². The van der Waals surface area contributed by atoms with Crippen LogP contribution in [0.15, 0.2) is 34.8 Å². The number of carbonyl (C=O) groups excluding carboxylic acids is 1. The van der Waals surface area contributed by atoms with Crippen LogP contribution < -0.4 is 0 Å². The molecule has 2 aliphatic heterocycles. The molecule has 4 nitrogen and oxygen atoms in total. The van der Waals surface area contributed by atoms with E-state index in [4.69, 9.17) is 4.42 Å². The van der Waals surface area contributed by atoms with E-state index in [1.165, 1.54) is 0 Å². The minimum atomic E-state index is 0.226. The third kappa shape index (κ3) is 2.21. The zero-order valence-corrected chi connectivity index (χ0v) is 10.9. The molecule has 0 saturated carbocycles. The largest absolute Gasteiger partial charge is 0.472 e. The summed E-state index contributed by atoms with van der Waals surface area (Å²) in [5.41, 5.74) is 2.01. The Labute approximate surface area is 112 Å². The van der Waals surface area contributed by atoms with Crippen LogP contribution in [0.5, 0.6) is 0 Å². The van der Waals surface area contributed by atoms with Crippen LogP contribution in [0.3, 0.4) is 0 Å². The molecule has 1 saturated heterocycles. The number of aliphatic hydroxyl groups excluding tert-OH is 1. The van der Waals surface area contributed by atoms with Crippen molar-refractivity contribution < 1.29 is 14.3 Å². The van der Waals surface area contributed by atoms with Gasteiger partial charge in [0.2, 0.25) is 0 Å². The Morgan fingerprint density at radius 3 is 3.00 bits per heavy atom. The van der Waals surface area contributed by atoms with Crippen LogP contribution in [-0.2, 0) is 4.79 Å². The molecule has 0 unspecified atom stereocenters. The Bertz CT molecular complexity index is 466. The van der Waals surface area contributed by atoms with Crippen LogP contribution in [0.1, 0.15) is 37.3 Å². The van der Waals surface area contributed by atoms with Crippen molar-refractivity contribution >= 4 is 6.29 Å². The molecule has 0 spiro atoms. The Kier molecular flexibility index (Phi) is 3.42. The molecule has 4 heteroatoms. The highest BCUT2D eigenvalue weighted by Crippen LogP contribution is 2.41. The lowest BCUT2D eigenvalue weighted by molar-refractivity contribution is -0.105. The highest BCUT2D eigenvalue weighted by Gasteiger charge is 2.38. The van der Waals surface area contributed by atoms with Gasteiger partial charge in [-0.25, -0.2) is 0 Å². The summed E-state index contributed by atoms with van der Waals surface area (Å²) < 4.78 is 5.19. The van der Waals surface area contributed by atoms with Gasteiger partial charge >= 0.3 is 0 Å². The van der Waals surface area contributed by atoms with E-state index in [1.807, 2.05) is 12.3 Å². The van der Waals surface area contributed by atoms with Crippen molar-refractivity contribution in [2.75, 3.05) is 6.61 Å². The van der Waals surface area contributed by atoms with Crippen LogP contribution in [0.25, 0.3) is 0 Å². The number of piperidine rings is 1. The molecule has 0 aromatic carbocycles. The van der Waals surface area contributed by atoms with Crippen LogP contribution in [0.2, 0.25) is 0 Å². The normalized spacial score (nSPS) is 30.7. The van der Waals surface area contributed by atoms with Gasteiger partial charge in [0, 0.05) is 35.9 Å². The SMILES string of the molecule is O=CC1=CN2[C@H](c3ccoc3)CC[C@H](CO)[C@@H]2CC1. The Morgan fingerprint density at radius 2 is 2.32 bits per heavy atom. The van der Waals surface area contributed by atoms with Gasteiger partial charge in [-0.2, -0.15) is 0 Å². The van der Waals surface area contributed by atoms with E-state index in [9.17, 15) is 9.90 Å². The van der Waals surface area contributed by atoms with E-state index in [-0.39, 0.29) is 12.6 Å². The first-order chi connectivity index (χ1) is 9.33. The maximum absolute atomic E-state index is 11.0. The maximum atomic E-state index is 11.0. The number of aldehydes is 1. The van der Waals surface area contributed by atoms with Gasteiger partial charge in [-0.15, -0.1) is 0 Å². The lowest BCUT2D eigenvalue weighted by atomic mass is 9.80. The molecule has 3 rings (SSSR count). The number of carbonyl (C=O) groups is 1. The van der Waals surface area contributed by atoms with Crippen molar-refractivity contribution in [2.45, 2.75) is 37.8 Å². The van der Waals surface area contributed by atoms with Crippen molar-refractivity contribution in [3.63, 3.8) is 0 Å². The number of rotatable bonds is 3. The summed E-state index contributed by atoms with van der Waals surface area (Å²) in [6, 6.07) is 2.59. The Hall–Kier alpha value is -1.55. The number of furan rings is 1. The van der Waals surface area contributed by atoms with Gasteiger partial charge in [-0.05, 0) is 31.7 Å². The smallest absolute Gasteiger partial charge is 0.147 e. The fourth-order valence-electron chi connectivity index (χ4n) is 3.43. The zero-order valence-electron chi connectivity index (χ0n) is 10.9. The second-order valence-electron chi connectivity index (χ2n) is 5.47. The first kappa shape index (κ1) is 12.5. The molecule has 19 heavy (non-hydrogen) atoms. The van der Waals surface area contributed by atoms with Gasteiger partial charge in [0.1, 0.15) is 6.29 Å². The summed E-state index contributed by atoms with van der Waals surface area (Å²) in [7, 11) is 0. The van der Waals surface area contributed by atoms with Crippen molar-refractivity contribution in [3.8, 4) is 0 Å². The van der Waals surface area contributed by atoms with Crippen LogP contribution >= 0.6 is 0 Å². The number of nitrogens with zero attached hydrogens (tertiary/aromatic N) is 1. The molecule has 3 atom stereocenters. The minimum Gasteiger partial charge on any atom is -0.472 e. The van der Waals surface area contributed by atoms with Crippen LogP contribution in [0, 0.1) is 5.92 Å². The minimum absolute atomic E-state index is 0.226. The molecule has 2 aliphatic rings. The van der Waals surface area contributed by atoms with Crippen LogP contribution in [0.4, 0.5) is 0 Å².